The SMILES string of the molecule is Cc1ccc(C(=O)CCC(=O)N2CCC(NC(=O)c3ccc(C(C)(C)C)cc3)CC2)cc1. The number of Topliss-reactive ketones (excluding diaryl/α,β-unsaturated/α-hetero) is 1. The molecule has 2 amide bonds. The lowest BCUT2D eigenvalue weighted by molar-refractivity contribution is -0.132. The van der Waals surface area contributed by atoms with Gasteiger partial charge in [-0.25, -0.2) is 0 Å². The number of amides is 2. The summed E-state index contributed by atoms with van der Waals surface area (Å²) in [5.41, 5.74) is 3.67. The van der Waals surface area contributed by atoms with Crippen LogP contribution >= 0.6 is 0 Å². The number of aryl methyl sites for hydroxylation is 1. The molecular weight excluding hydrogens is 400 g/mol. The first-order valence-corrected chi connectivity index (χ1v) is 11.4. The van der Waals surface area contributed by atoms with E-state index in [0.717, 1.165) is 18.4 Å². The molecule has 2 aromatic carbocycles. The van der Waals surface area contributed by atoms with Crippen LogP contribution in [0.5, 0.6) is 0 Å². The first-order valence-electron chi connectivity index (χ1n) is 11.4. The molecule has 5 heteroatoms. The number of likely N-dealkylation sites (tertiary alicyclic amines) is 1. The van der Waals surface area contributed by atoms with Gasteiger partial charge in [0.2, 0.25) is 5.91 Å². The fraction of sp³-hybridized carbons (Fsp3) is 0.444. The van der Waals surface area contributed by atoms with Crippen LogP contribution in [0, 0.1) is 6.92 Å². The minimum Gasteiger partial charge on any atom is -0.349 e. The molecule has 1 heterocycles. The summed E-state index contributed by atoms with van der Waals surface area (Å²) < 4.78 is 0. The van der Waals surface area contributed by atoms with Gasteiger partial charge in [0.15, 0.2) is 5.78 Å². The summed E-state index contributed by atoms with van der Waals surface area (Å²) in [6, 6.07) is 15.3. The highest BCUT2D eigenvalue weighted by atomic mass is 16.2. The van der Waals surface area contributed by atoms with Crippen molar-refractivity contribution in [3.8, 4) is 0 Å². The van der Waals surface area contributed by atoms with Gasteiger partial charge in [-0.3, -0.25) is 14.4 Å². The van der Waals surface area contributed by atoms with E-state index in [-0.39, 0.29) is 41.9 Å². The van der Waals surface area contributed by atoms with Crippen molar-refractivity contribution in [3.05, 3.63) is 70.8 Å². The van der Waals surface area contributed by atoms with Crippen molar-refractivity contribution in [2.75, 3.05) is 13.1 Å². The van der Waals surface area contributed by atoms with Gasteiger partial charge in [-0.05, 0) is 42.9 Å². The maximum absolute atomic E-state index is 12.6. The molecule has 1 aliphatic rings. The highest BCUT2D eigenvalue weighted by molar-refractivity contribution is 5.98. The minimum atomic E-state index is -0.0704. The molecule has 1 aliphatic heterocycles. The van der Waals surface area contributed by atoms with Crippen molar-refractivity contribution in [1.29, 1.82) is 0 Å². The number of carbonyl (C=O) groups is 3. The Hall–Kier alpha value is -2.95. The van der Waals surface area contributed by atoms with Crippen LogP contribution in [0.1, 0.15) is 78.3 Å². The second kappa shape index (κ2) is 10.1. The number of hydrogen-bond acceptors (Lipinski definition) is 3. The van der Waals surface area contributed by atoms with Crippen molar-refractivity contribution >= 4 is 17.6 Å². The van der Waals surface area contributed by atoms with Gasteiger partial charge < -0.3 is 10.2 Å². The largest absolute Gasteiger partial charge is 0.349 e. The molecule has 5 nitrogen and oxygen atoms in total. The number of nitrogens with zero attached hydrogens (tertiary/aromatic N) is 1. The Bertz CT molecular complexity index is 948. The van der Waals surface area contributed by atoms with E-state index in [1.54, 1.807) is 0 Å². The van der Waals surface area contributed by atoms with E-state index in [1.165, 1.54) is 5.56 Å². The molecule has 3 rings (SSSR count). The van der Waals surface area contributed by atoms with Gasteiger partial charge in [-0.2, -0.15) is 0 Å². The van der Waals surface area contributed by atoms with E-state index in [4.69, 9.17) is 0 Å². The quantitative estimate of drug-likeness (QED) is 0.672. The summed E-state index contributed by atoms with van der Waals surface area (Å²) in [4.78, 5) is 39.2. The Morgan fingerprint density at radius 3 is 2.00 bits per heavy atom. The second-order valence-corrected chi connectivity index (χ2v) is 9.75. The van der Waals surface area contributed by atoms with Crippen LogP contribution in [0.25, 0.3) is 0 Å². The van der Waals surface area contributed by atoms with Crippen LogP contribution in [-0.2, 0) is 10.2 Å². The molecule has 0 bridgehead atoms. The normalized spacial score (nSPS) is 14.8. The third kappa shape index (κ3) is 6.28. The lowest BCUT2D eigenvalue weighted by atomic mass is 9.86. The first kappa shape index (κ1) is 23.7. The highest BCUT2D eigenvalue weighted by Crippen LogP contribution is 2.22. The van der Waals surface area contributed by atoms with Crippen LogP contribution in [0.2, 0.25) is 0 Å². The molecule has 1 fully saturated rings. The molecule has 170 valence electrons. The Morgan fingerprint density at radius 2 is 1.44 bits per heavy atom. The van der Waals surface area contributed by atoms with Crippen molar-refractivity contribution in [1.82, 2.24) is 10.2 Å². The molecule has 0 unspecified atom stereocenters. The van der Waals surface area contributed by atoms with Gasteiger partial charge in [0.05, 0.1) is 0 Å². The summed E-state index contributed by atoms with van der Waals surface area (Å²) >= 11 is 0. The smallest absolute Gasteiger partial charge is 0.251 e. The third-order valence-electron chi connectivity index (χ3n) is 6.14. The maximum Gasteiger partial charge on any atom is 0.251 e. The van der Waals surface area contributed by atoms with E-state index in [9.17, 15) is 14.4 Å². The van der Waals surface area contributed by atoms with E-state index in [2.05, 4.69) is 26.1 Å². The fourth-order valence-electron chi connectivity index (χ4n) is 3.93. The van der Waals surface area contributed by atoms with Crippen LogP contribution in [-0.4, -0.2) is 41.6 Å². The average Bonchev–Trinajstić information content (AvgIpc) is 2.77. The number of nitrogens with one attached hydrogen (secondary N) is 1. The molecule has 0 spiro atoms. The molecule has 0 radical (unpaired) electrons. The van der Waals surface area contributed by atoms with Gasteiger partial charge in [0.1, 0.15) is 0 Å². The standard InChI is InChI=1S/C27H34N2O3/c1-19-5-7-20(8-6-19)24(30)13-14-25(31)29-17-15-23(16-18-29)28-26(32)21-9-11-22(12-10-21)27(2,3)4/h5-12,23H,13-18H2,1-4H3,(H,28,32). The van der Waals surface area contributed by atoms with E-state index >= 15 is 0 Å². The topological polar surface area (TPSA) is 66.5 Å². The van der Waals surface area contributed by atoms with Crippen molar-refractivity contribution in [2.24, 2.45) is 0 Å². The van der Waals surface area contributed by atoms with Crippen LogP contribution in [0.15, 0.2) is 48.5 Å². The summed E-state index contributed by atoms with van der Waals surface area (Å²) in [5, 5.41) is 3.10. The number of piperidine rings is 1. The summed E-state index contributed by atoms with van der Waals surface area (Å²) in [6.45, 7) is 9.63. The van der Waals surface area contributed by atoms with Crippen LogP contribution in [0.3, 0.4) is 0 Å². The van der Waals surface area contributed by atoms with E-state index < -0.39 is 0 Å². The summed E-state index contributed by atoms with van der Waals surface area (Å²) in [5.74, 6) is -0.0649. The zero-order valence-corrected chi connectivity index (χ0v) is 19.6. The van der Waals surface area contributed by atoms with Crippen LogP contribution < -0.4 is 5.32 Å². The van der Waals surface area contributed by atoms with Gasteiger partial charge >= 0.3 is 0 Å². The highest BCUT2D eigenvalue weighted by Gasteiger charge is 2.24. The Balaban J connectivity index is 1.43. The average molecular weight is 435 g/mol. The molecular formula is C27H34N2O3. The number of benzene rings is 2. The molecule has 0 saturated carbocycles. The van der Waals surface area contributed by atoms with Crippen molar-refractivity contribution in [3.63, 3.8) is 0 Å². The molecule has 0 atom stereocenters. The lowest BCUT2D eigenvalue weighted by Gasteiger charge is -2.32. The Morgan fingerprint density at radius 1 is 0.875 bits per heavy atom. The zero-order chi connectivity index (χ0) is 23.3. The van der Waals surface area contributed by atoms with E-state index in [0.29, 0.717) is 24.2 Å². The number of ketones is 1. The lowest BCUT2D eigenvalue weighted by Crippen LogP contribution is -2.46. The van der Waals surface area contributed by atoms with Gasteiger partial charge in [-0.15, -0.1) is 0 Å². The molecule has 0 aromatic heterocycles. The third-order valence-corrected chi connectivity index (χ3v) is 6.14. The zero-order valence-electron chi connectivity index (χ0n) is 19.6. The monoisotopic (exact) mass is 434 g/mol. The predicted molar refractivity (Wildman–Crippen MR) is 127 cm³/mol. The summed E-state index contributed by atoms with van der Waals surface area (Å²) in [6.07, 6.45) is 1.90. The molecule has 1 N–H and O–H groups in total. The van der Waals surface area contributed by atoms with Crippen molar-refractivity contribution < 1.29 is 14.4 Å². The van der Waals surface area contributed by atoms with Crippen LogP contribution in [0.4, 0.5) is 0 Å². The Labute approximate surface area is 191 Å². The summed E-state index contributed by atoms with van der Waals surface area (Å²) in [7, 11) is 0. The first-order chi connectivity index (χ1) is 15.1. The Kier molecular flexibility index (Phi) is 7.49. The van der Waals surface area contributed by atoms with E-state index in [1.807, 2.05) is 60.4 Å². The van der Waals surface area contributed by atoms with Crippen molar-refractivity contribution in [2.45, 2.75) is 64.8 Å². The van der Waals surface area contributed by atoms with Gasteiger partial charge in [0, 0.05) is 43.1 Å². The molecule has 2 aromatic rings. The van der Waals surface area contributed by atoms with Gasteiger partial charge in [0.25, 0.3) is 5.91 Å². The van der Waals surface area contributed by atoms with Gasteiger partial charge in [-0.1, -0.05) is 62.7 Å². The molecule has 0 aliphatic carbocycles. The minimum absolute atomic E-state index is 0.00187. The molecule has 32 heavy (non-hydrogen) atoms. The fourth-order valence-corrected chi connectivity index (χ4v) is 3.93. The number of hydrogen-bond donors (Lipinski definition) is 1. The second-order valence-electron chi connectivity index (χ2n) is 9.75. The number of rotatable bonds is 6. The maximum atomic E-state index is 12.6. The predicted octanol–water partition coefficient (Wildman–Crippen LogP) is 4.68. The number of carbonyl (C=O) groups excluding carboxylic acids is 3. The molecule has 1 saturated heterocycles.